The molecule has 28 heavy (non-hydrogen) atoms. The van der Waals surface area contributed by atoms with E-state index in [4.69, 9.17) is 22.9 Å². The second-order valence-corrected chi connectivity index (χ2v) is 6.51. The highest BCUT2D eigenvalue weighted by Crippen LogP contribution is 2.37. The smallest absolute Gasteiger partial charge is 0.225 e. The maximum absolute atomic E-state index is 14.9. The van der Waals surface area contributed by atoms with E-state index in [1.807, 2.05) is 6.07 Å². The fourth-order valence-corrected chi connectivity index (χ4v) is 3.07. The van der Waals surface area contributed by atoms with E-state index in [0.29, 0.717) is 28.2 Å². The number of fused-ring (bicyclic) bond motifs is 1. The van der Waals surface area contributed by atoms with Gasteiger partial charge in [-0.1, -0.05) is 11.6 Å². The zero-order valence-corrected chi connectivity index (χ0v) is 15.1. The van der Waals surface area contributed by atoms with Gasteiger partial charge in [0.1, 0.15) is 11.6 Å². The molecule has 0 unspecified atom stereocenters. The van der Waals surface area contributed by atoms with Crippen LogP contribution < -0.4 is 4.74 Å². The summed E-state index contributed by atoms with van der Waals surface area (Å²) in [5.74, 6) is -1.06. The Hall–Kier alpha value is -3.43. The van der Waals surface area contributed by atoms with Crippen LogP contribution in [-0.4, -0.2) is 9.97 Å². The number of nitrogens with zero attached hydrogens (tertiary/aromatic N) is 2. The lowest BCUT2D eigenvalue weighted by Gasteiger charge is -2.14. The first-order valence-corrected chi connectivity index (χ1v) is 8.66. The number of benzene rings is 2. The number of halogens is 3. The van der Waals surface area contributed by atoms with Gasteiger partial charge >= 0.3 is 0 Å². The third-order valence-electron chi connectivity index (χ3n) is 4.27. The number of aromatic nitrogens is 2. The van der Waals surface area contributed by atoms with Crippen LogP contribution in [0.1, 0.15) is 11.3 Å². The zero-order chi connectivity index (χ0) is 19.7. The van der Waals surface area contributed by atoms with E-state index in [1.165, 1.54) is 24.4 Å². The molecule has 2 aromatic carbocycles. The van der Waals surface area contributed by atoms with Crippen molar-refractivity contribution in [1.29, 1.82) is 0 Å². The minimum Gasteiger partial charge on any atom is -0.455 e. The average molecular weight is 396 g/mol. The maximum Gasteiger partial charge on any atom is 0.225 e. The average Bonchev–Trinajstić information content (AvgIpc) is 3.15. The van der Waals surface area contributed by atoms with Gasteiger partial charge < -0.3 is 9.72 Å². The zero-order valence-electron chi connectivity index (χ0n) is 14.3. The minimum absolute atomic E-state index is 0.00592. The van der Waals surface area contributed by atoms with Crippen molar-refractivity contribution in [2.45, 2.75) is 6.42 Å². The van der Waals surface area contributed by atoms with Crippen LogP contribution in [0.4, 0.5) is 14.5 Å². The van der Waals surface area contributed by atoms with Crippen LogP contribution >= 0.6 is 11.6 Å². The first kappa shape index (κ1) is 18.0. The number of hydrogen-bond donors (Lipinski definition) is 1. The molecule has 0 aliphatic heterocycles. The van der Waals surface area contributed by atoms with Crippen molar-refractivity contribution >= 4 is 28.2 Å². The molecule has 0 radical (unpaired) electrons. The van der Waals surface area contributed by atoms with Crippen molar-refractivity contribution in [1.82, 2.24) is 9.97 Å². The molecule has 0 bridgehead atoms. The van der Waals surface area contributed by atoms with Crippen molar-refractivity contribution in [2.24, 2.45) is 0 Å². The lowest BCUT2D eigenvalue weighted by Crippen LogP contribution is -1.99. The topological polar surface area (TPSA) is 42.3 Å². The quantitative estimate of drug-likeness (QED) is 0.405. The highest BCUT2D eigenvalue weighted by Gasteiger charge is 2.18. The standard InChI is InChI=1S/C21H12ClF2N3O/c1-25-20-9-14(4-5-17(20)23)28-21-16(8-13-3-2-12(22)11-27-13)15-6-7-26-19(15)10-18(21)24/h2-7,9-11,26H,8H2. The Balaban J connectivity index is 1.82. The highest BCUT2D eigenvalue weighted by molar-refractivity contribution is 6.30. The van der Waals surface area contributed by atoms with E-state index >= 15 is 0 Å². The summed E-state index contributed by atoms with van der Waals surface area (Å²) in [5.41, 5.74) is 1.69. The van der Waals surface area contributed by atoms with Gasteiger partial charge in [0.25, 0.3) is 0 Å². The summed E-state index contributed by atoms with van der Waals surface area (Å²) in [6.45, 7) is 7.03. The molecule has 0 amide bonds. The van der Waals surface area contributed by atoms with Crippen LogP contribution in [0.5, 0.6) is 11.5 Å². The summed E-state index contributed by atoms with van der Waals surface area (Å²) in [5, 5.41) is 1.28. The summed E-state index contributed by atoms with van der Waals surface area (Å²) >= 11 is 5.89. The molecule has 0 aliphatic rings. The van der Waals surface area contributed by atoms with Gasteiger partial charge in [0, 0.05) is 47.0 Å². The minimum atomic E-state index is -0.658. The predicted octanol–water partition coefficient (Wildman–Crippen LogP) is 6.43. The summed E-state index contributed by atoms with van der Waals surface area (Å²) in [6.07, 6.45) is 3.53. The first-order valence-electron chi connectivity index (χ1n) is 8.29. The van der Waals surface area contributed by atoms with Crippen molar-refractivity contribution in [3.05, 3.63) is 94.2 Å². The molecule has 0 atom stereocenters. The molecule has 4 nitrogen and oxygen atoms in total. The first-order chi connectivity index (χ1) is 13.5. The molecule has 4 rings (SSSR count). The SMILES string of the molecule is [C-]#[N+]c1cc(Oc2c(F)cc3[nH]ccc3c2Cc2ccc(Cl)cn2)ccc1F. The molecule has 0 aliphatic carbocycles. The van der Waals surface area contributed by atoms with Crippen molar-refractivity contribution in [3.63, 3.8) is 0 Å². The Morgan fingerprint density at radius 2 is 1.96 bits per heavy atom. The second kappa shape index (κ2) is 7.29. The Morgan fingerprint density at radius 3 is 2.71 bits per heavy atom. The Morgan fingerprint density at radius 1 is 1.11 bits per heavy atom. The molecule has 138 valence electrons. The highest BCUT2D eigenvalue weighted by atomic mass is 35.5. The molecule has 0 saturated heterocycles. The molecule has 0 saturated carbocycles. The molecular weight excluding hydrogens is 384 g/mol. The van der Waals surface area contributed by atoms with E-state index in [2.05, 4.69) is 14.8 Å². The van der Waals surface area contributed by atoms with Crippen LogP contribution in [-0.2, 0) is 6.42 Å². The van der Waals surface area contributed by atoms with Gasteiger partial charge in [-0.3, -0.25) is 4.98 Å². The van der Waals surface area contributed by atoms with E-state index in [0.717, 1.165) is 11.5 Å². The summed E-state index contributed by atoms with van der Waals surface area (Å²) in [7, 11) is 0. The fraction of sp³-hybridized carbons (Fsp3) is 0.0476. The second-order valence-electron chi connectivity index (χ2n) is 6.08. The monoisotopic (exact) mass is 395 g/mol. The van der Waals surface area contributed by atoms with Gasteiger partial charge in [0.2, 0.25) is 5.69 Å². The van der Waals surface area contributed by atoms with Crippen molar-refractivity contribution < 1.29 is 13.5 Å². The number of H-pyrrole nitrogens is 1. The summed E-state index contributed by atoms with van der Waals surface area (Å²) in [4.78, 5) is 10.4. The lowest BCUT2D eigenvalue weighted by molar-refractivity contribution is 0.438. The van der Waals surface area contributed by atoms with Crippen LogP contribution in [0, 0.1) is 18.2 Å². The van der Waals surface area contributed by atoms with Crippen molar-refractivity contribution in [3.8, 4) is 11.5 Å². The number of ether oxygens (including phenoxy) is 1. The molecule has 7 heteroatoms. The van der Waals surface area contributed by atoms with Gasteiger partial charge in [0.15, 0.2) is 11.6 Å². The van der Waals surface area contributed by atoms with Crippen LogP contribution in [0.3, 0.4) is 0 Å². The van der Waals surface area contributed by atoms with E-state index in [1.54, 1.807) is 18.3 Å². The molecule has 4 aromatic rings. The summed E-state index contributed by atoms with van der Waals surface area (Å²) < 4.78 is 34.2. The Labute approximate surface area is 164 Å². The molecular formula is C21H12ClF2N3O. The number of aromatic amines is 1. The molecule has 2 aromatic heterocycles. The van der Waals surface area contributed by atoms with E-state index in [-0.39, 0.29) is 17.2 Å². The molecule has 1 N–H and O–H groups in total. The van der Waals surface area contributed by atoms with E-state index in [9.17, 15) is 8.78 Å². The summed E-state index contributed by atoms with van der Waals surface area (Å²) in [6, 6.07) is 10.3. The molecule has 0 fully saturated rings. The van der Waals surface area contributed by atoms with Gasteiger partial charge in [-0.2, -0.15) is 0 Å². The van der Waals surface area contributed by atoms with Crippen LogP contribution in [0.25, 0.3) is 15.7 Å². The van der Waals surface area contributed by atoms with Gasteiger partial charge in [0.05, 0.1) is 11.6 Å². The Bertz CT molecular complexity index is 1210. The van der Waals surface area contributed by atoms with Gasteiger partial charge in [-0.25, -0.2) is 13.6 Å². The largest absolute Gasteiger partial charge is 0.455 e. The molecule has 2 heterocycles. The Kier molecular flexibility index (Phi) is 4.68. The third kappa shape index (κ3) is 3.40. The maximum atomic E-state index is 14.9. The normalized spacial score (nSPS) is 10.8. The number of nitrogens with one attached hydrogen (secondary N) is 1. The predicted molar refractivity (Wildman–Crippen MR) is 103 cm³/mol. The number of rotatable bonds is 4. The van der Waals surface area contributed by atoms with Crippen LogP contribution in [0.2, 0.25) is 5.02 Å². The van der Waals surface area contributed by atoms with Crippen molar-refractivity contribution in [2.75, 3.05) is 0 Å². The fourth-order valence-electron chi connectivity index (χ4n) is 2.96. The van der Waals surface area contributed by atoms with Gasteiger partial charge in [-0.05, 0) is 36.4 Å². The van der Waals surface area contributed by atoms with Crippen LogP contribution in [0.15, 0.2) is 54.9 Å². The lowest BCUT2D eigenvalue weighted by atomic mass is 10.0. The number of pyridine rings is 1. The number of hydrogen-bond acceptors (Lipinski definition) is 2. The van der Waals surface area contributed by atoms with E-state index < -0.39 is 11.6 Å². The van der Waals surface area contributed by atoms with Gasteiger partial charge in [-0.15, -0.1) is 0 Å². The molecule has 0 spiro atoms. The third-order valence-corrected chi connectivity index (χ3v) is 4.49.